The summed E-state index contributed by atoms with van der Waals surface area (Å²) in [6.45, 7) is 5.60. The Morgan fingerprint density at radius 2 is 1.85 bits per heavy atom. The van der Waals surface area contributed by atoms with Crippen LogP contribution in [0.1, 0.15) is 36.7 Å². The lowest BCUT2D eigenvalue weighted by Crippen LogP contribution is -2.34. The molecule has 5 nitrogen and oxygen atoms in total. The SMILES string of the molecule is CN(Cc1ccccc1NC(=O)c1cc(Br)ccc1F)C(=O)OC(C)(C)C. The third-order valence-electron chi connectivity index (χ3n) is 3.55. The van der Waals surface area contributed by atoms with Crippen molar-refractivity contribution in [1.82, 2.24) is 4.90 Å². The van der Waals surface area contributed by atoms with Gasteiger partial charge in [-0.15, -0.1) is 0 Å². The number of ether oxygens (including phenoxy) is 1. The second-order valence-corrected chi connectivity index (χ2v) is 7.99. The van der Waals surface area contributed by atoms with E-state index in [4.69, 9.17) is 4.74 Å². The first kappa shape index (κ1) is 20.9. The van der Waals surface area contributed by atoms with E-state index in [0.717, 1.165) is 0 Å². The molecule has 0 bridgehead atoms. The summed E-state index contributed by atoms with van der Waals surface area (Å²) < 4.78 is 19.9. The smallest absolute Gasteiger partial charge is 0.410 e. The van der Waals surface area contributed by atoms with E-state index in [0.29, 0.717) is 15.7 Å². The highest BCUT2D eigenvalue weighted by Gasteiger charge is 2.21. The van der Waals surface area contributed by atoms with E-state index < -0.39 is 23.4 Å². The number of para-hydroxylation sites is 1. The van der Waals surface area contributed by atoms with Crippen LogP contribution in [0, 0.1) is 5.82 Å². The van der Waals surface area contributed by atoms with Crippen molar-refractivity contribution >= 4 is 33.6 Å². The fraction of sp³-hybridized carbons (Fsp3) is 0.300. The number of carbonyl (C=O) groups excluding carboxylic acids is 2. The second-order valence-electron chi connectivity index (χ2n) is 7.07. The van der Waals surface area contributed by atoms with Gasteiger partial charge >= 0.3 is 6.09 Å². The minimum atomic E-state index is -0.612. The number of nitrogens with zero attached hydrogens (tertiary/aromatic N) is 1. The normalized spacial score (nSPS) is 11.0. The third kappa shape index (κ3) is 6.06. The van der Waals surface area contributed by atoms with Crippen molar-refractivity contribution in [1.29, 1.82) is 0 Å². The fourth-order valence-electron chi connectivity index (χ4n) is 2.30. The molecule has 0 radical (unpaired) electrons. The van der Waals surface area contributed by atoms with Crippen LogP contribution in [0.15, 0.2) is 46.9 Å². The minimum Gasteiger partial charge on any atom is -0.444 e. The van der Waals surface area contributed by atoms with Gasteiger partial charge in [-0.25, -0.2) is 9.18 Å². The topological polar surface area (TPSA) is 58.6 Å². The summed E-state index contributed by atoms with van der Waals surface area (Å²) in [5, 5.41) is 2.71. The van der Waals surface area contributed by atoms with Gasteiger partial charge in [0.25, 0.3) is 5.91 Å². The molecule has 27 heavy (non-hydrogen) atoms. The molecular formula is C20H22BrFN2O3. The van der Waals surface area contributed by atoms with Crippen LogP contribution in [0.3, 0.4) is 0 Å². The van der Waals surface area contributed by atoms with Crippen molar-refractivity contribution in [2.75, 3.05) is 12.4 Å². The van der Waals surface area contributed by atoms with Gasteiger partial charge in [0.2, 0.25) is 0 Å². The zero-order chi connectivity index (χ0) is 20.2. The quantitative estimate of drug-likeness (QED) is 0.715. The standard InChI is InChI=1S/C20H22BrFN2O3/c1-20(2,3)27-19(26)24(4)12-13-7-5-6-8-17(13)23-18(25)15-11-14(21)9-10-16(15)22/h5-11H,12H2,1-4H3,(H,23,25). The Labute approximate surface area is 166 Å². The van der Waals surface area contributed by atoms with Crippen LogP contribution in [0.4, 0.5) is 14.9 Å². The van der Waals surface area contributed by atoms with E-state index in [2.05, 4.69) is 21.2 Å². The molecule has 0 unspecified atom stereocenters. The van der Waals surface area contributed by atoms with Crippen LogP contribution in [0.5, 0.6) is 0 Å². The van der Waals surface area contributed by atoms with Gasteiger partial charge in [0, 0.05) is 17.2 Å². The molecule has 0 aliphatic heterocycles. The molecule has 0 heterocycles. The molecule has 0 saturated heterocycles. The number of carbonyl (C=O) groups is 2. The molecule has 2 aromatic carbocycles. The molecule has 7 heteroatoms. The van der Waals surface area contributed by atoms with Crippen LogP contribution in [0.25, 0.3) is 0 Å². The molecule has 144 valence electrons. The molecule has 0 aliphatic rings. The van der Waals surface area contributed by atoms with Gasteiger partial charge in [0.1, 0.15) is 11.4 Å². The number of rotatable bonds is 4. The predicted molar refractivity (Wildman–Crippen MR) is 106 cm³/mol. The van der Waals surface area contributed by atoms with Gasteiger partial charge in [0.05, 0.1) is 12.1 Å². The minimum absolute atomic E-state index is 0.0697. The highest BCUT2D eigenvalue weighted by atomic mass is 79.9. The van der Waals surface area contributed by atoms with Crippen molar-refractivity contribution < 1.29 is 18.7 Å². The van der Waals surface area contributed by atoms with Gasteiger partial charge in [-0.05, 0) is 50.6 Å². The average molecular weight is 437 g/mol. The van der Waals surface area contributed by atoms with Crippen LogP contribution in [0.2, 0.25) is 0 Å². The summed E-state index contributed by atoms with van der Waals surface area (Å²) in [5.41, 5.74) is 0.531. The van der Waals surface area contributed by atoms with Crippen molar-refractivity contribution in [3.05, 3.63) is 63.9 Å². The Kier molecular flexibility index (Phi) is 6.59. The Morgan fingerprint density at radius 3 is 2.52 bits per heavy atom. The molecule has 0 aromatic heterocycles. The molecule has 0 spiro atoms. The fourth-order valence-corrected chi connectivity index (χ4v) is 2.66. The van der Waals surface area contributed by atoms with Crippen LogP contribution >= 0.6 is 15.9 Å². The largest absolute Gasteiger partial charge is 0.444 e. The van der Waals surface area contributed by atoms with E-state index in [1.54, 1.807) is 52.1 Å². The summed E-state index contributed by atoms with van der Waals surface area (Å²) in [6, 6.07) is 11.2. The van der Waals surface area contributed by atoms with Crippen LogP contribution < -0.4 is 5.32 Å². The molecule has 2 aromatic rings. The lowest BCUT2D eigenvalue weighted by molar-refractivity contribution is 0.0285. The van der Waals surface area contributed by atoms with E-state index in [1.807, 2.05) is 0 Å². The number of hydrogen-bond donors (Lipinski definition) is 1. The van der Waals surface area contributed by atoms with E-state index >= 15 is 0 Å². The molecule has 0 aliphatic carbocycles. The van der Waals surface area contributed by atoms with E-state index in [9.17, 15) is 14.0 Å². The lowest BCUT2D eigenvalue weighted by Gasteiger charge is -2.25. The number of nitrogens with one attached hydrogen (secondary N) is 1. The molecular weight excluding hydrogens is 415 g/mol. The number of anilines is 1. The monoisotopic (exact) mass is 436 g/mol. The molecule has 0 saturated carbocycles. The lowest BCUT2D eigenvalue weighted by atomic mass is 10.1. The first-order valence-corrected chi connectivity index (χ1v) is 9.14. The van der Waals surface area contributed by atoms with Crippen LogP contribution in [-0.4, -0.2) is 29.5 Å². The first-order chi connectivity index (χ1) is 12.6. The summed E-state index contributed by atoms with van der Waals surface area (Å²) in [4.78, 5) is 26.0. The molecule has 2 amide bonds. The predicted octanol–water partition coefficient (Wildman–Crippen LogP) is 5.21. The summed E-state index contributed by atoms with van der Waals surface area (Å²) in [6.07, 6.45) is -0.471. The number of benzene rings is 2. The molecule has 1 N–H and O–H groups in total. The van der Waals surface area contributed by atoms with Crippen LogP contribution in [-0.2, 0) is 11.3 Å². The number of hydrogen-bond acceptors (Lipinski definition) is 3. The van der Waals surface area contributed by atoms with Gasteiger partial charge in [-0.3, -0.25) is 4.79 Å². The van der Waals surface area contributed by atoms with Crippen molar-refractivity contribution in [2.45, 2.75) is 32.9 Å². The van der Waals surface area contributed by atoms with Gasteiger partial charge < -0.3 is 15.0 Å². The molecule has 0 fully saturated rings. The Bertz CT molecular complexity index is 849. The maximum absolute atomic E-state index is 13.9. The maximum atomic E-state index is 13.9. The molecule has 2 rings (SSSR count). The zero-order valence-electron chi connectivity index (χ0n) is 15.7. The van der Waals surface area contributed by atoms with Gasteiger partial charge in [-0.2, -0.15) is 0 Å². The Morgan fingerprint density at radius 1 is 1.19 bits per heavy atom. The third-order valence-corrected chi connectivity index (χ3v) is 4.04. The first-order valence-electron chi connectivity index (χ1n) is 8.35. The Hall–Kier alpha value is -2.41. The number of amides is 2. The van der Waals surface area contributed by atoms with E-state index in [-0.39, 0.29) is 12.1 Å². The second kappa shape index (κ2) is 8.52. The number of halogens is 2. The van der Waals surface area contributed by atoms with E-state index in [1.165, 1.54) is 23.1 Å². The van der Waals surface area contributed by atoms with Crippen molar-refractivity contribution in [3.8, 4) is 0 Å². The summed E-state index contributed by atoms with van der Waals surface area (Å²) >= 11 is 3.23. The van der Waals surface area contributed by atoms with Gasteiger partial charge in [-0.1, -0.05) is 34.1 Å². The van der Waals surface area contributed by atoms with Crippen molar-refractivity contribution in [3.63, 3.8) is 0 Å². The zero-order valence-corrected chi connectivity index (χ0v) is 17.3. The Balaban J connectivity index is 2.17. The highest BCUT2D eigenvalue weighted by Crippen LogP contribution is 2.21. The van der Waals surface area contributed by atoms with Crippen molar-refractivity contribution in [2.24, 2.45) is 0 Å². The molecule has 0 atom stereocenters. The average Bonchev–Trinajstić information content (AvgIpc) is 2.57. The summed E-state index contributed by atoms with van der Waals surface area (Å²) in [7, 11) is 1.61. The highest BCUT2D eigenvalue weighted by molar-refractivity contribution is 9.10. The maximum Gasteiger partial charge on any atom is 0.410 e. The van der Waals surface area contributed by atoms with Gasteiger partial charge in [0.15, 0.2) is 0 Å². The summed E-state index contributed by atoms with van der Waals surface area (Å²) in [5.74, 6) is -1.18.